The summed E-state index contributed by atoms with van der Waals surface area (Å²) in [6.45, 7) is 3.28. The molecule has 14 nitrogen and oxygen atoms in total. The van der Waals surface area contributed by atoms with Crippen LogP contribution in [0.15, 0.2) is 24.3 Å². The Hall–Kier alpha value is -4.28. The Morgan fingerprint density at radius 3 is 2.19 bits per heavy atom. The molecule has 1 atom stereocenters. The van der Waals surface area contributed by atoms with E-state index in [0.717, 1.165) is 0 Å². The first kappa shape index (κ1) is 35.7. The van der Waals surface area contributed by atoms with E-state index in [1.807, 2.05) is 0 Å². The summed E-state index contributed by atoms with van der Waals surface area (Å²) in [6.07, 6.45) is 0.147. The maximum Gasteiger partial charge on any atom is 0.409 e. The summed E-state index contributed by atoms with van der Waals surface area (Å²) in [7, 11) is 0. The van der Waals surface area contributed by atoms with Gasteiger partial charge >= 0.3 is 18.1 Å². The first-order chi connectivity index (χ1) is 19.8. The Bertz CT molecular complexity index is 1170. The Labute approximate surface area is 248 Å². The molecule has 0 aromatic heterocycles. The average Bonchev–Trinajstić information content (AvgIpc) is 2.92. The van der Waals surface area contributed by atoms with Crippen LogP contribution in [-0.4, -0.2) is 72.0 Å². The van der Waals surface area contributed by atoms with Gasteiger partial charge in [0.05, 0.1) is 24.5 Å². The lowest BCUT2D eigenvalue weighted by Gasteiger charge is -2.19. The number of nitrogens with two attached hydrogens (primary N) is 1. The number of esters is 1. The van der Waals surface area contributed by atoms with Crippen LogP contribution in [0.4, 0.5) is 29.7 Å². The molecule has 0 saturated carbocycles. The minimum atomic E-state index is -1.62. The molecule has 0 fully saturated rings. The topological polar surface area (TPSA) is 218 Å². The van der Waals surface area contributed by atoms with Crippen LogP contribution in [0.5, 0.6) is 0 Å². The highest BCUT2D eigenvalue weighted by Gasteiger charge is 2.23. The van der Waals surface area contributed by atoms with Gasteiger partial charge in [-0.1, -0.05) is 22.5 Å². The highest BCUT2D eigenvalue weighted by Crippen LogP contribution is 2.23. The van der Waals surface area contributed by atoms with Gasteiger partial charge in [0.1, 0.15) is 17.7 Å². The number of unbranched alkanes of at least 4 members (excludes halogenated alkanes) is 2. The largest absolute Gasteiger partial charge is 0.465 e. The van der Waals surface area contributed by atoms with E-state index in [1.54, 1.807) is 5.32 Å². The van der Waals surface area contributed by atoms with Gasteiger partial charge in [-0.3, -0.25) is 19.7 Å². The van der Waals surface area contributed by atoms with E-state index < -0.39 is 71.4 Å². The third-order valence-corrected chi connectivity index (χ3v) is 6.03. The van der Waals surface area contributed by atoms with Gasteiger partial charge < -0.3 is 36.8 Å². The summed E-state index contributed by atoms with van der Waals surface area (Å²) in [4.78, 5) is 70.4. The number of nitrogens with one attached hydrogen (secondary N) is 5. The number of halogens is 3. The van der Waals surface area contributed by atoms with Crippen LogP contribution in [0.3, 0.4) is 0 Å². The molecule has 1 rings (SSSR count). The smallest absolute Gasteiger partial charge is 0.409 e. The average molecular weight is 663 g/mol. The van der Waals surface area contributed by atoms with Crippen LogP contribution in [0.1, 0.15) is 38.5 Å². The normalized spacial score (nSPS) is 11.0. The van der Waals surface area contributed by atoms with Crippen LogP contribution in [-0.2, 0) is 23.9 Å². The number of hydrogen-bond donors (Lipinski definition) is 7. The van der Waals surface area contributed by atoms with Crippen molar-refractivity contribution >= 4 is 63.1 Å². The molecule has 0 aliphatic heterocycles. The van der Waals surface area contributed by atoms with Crippen molar-refractivity contribution in [3.63, 3.8) is 0 Å². The zero-order valence-corrected chi connectivity index (χ0v) is 24.1. The molecule has 0 aliphatic carbocycles. The molecule has 232 valence electrons. The highest BCUT2D eigenvalue weighted by atomic mass is 79.9. The fraction of sp³-hybridized carbons (Fsp3) is 0.440. The minimum absolute atomic E-state index is 0.0503. The second-order valence-electron chi connectivity index (χ2n) is 8.75. The molecule has 0 spiro atoms. The van der Waals surface area contributed by atoms with E-state index in [9.17, 15) is 37.5 Å². The number of amides is 6. The van der Waals surface area contributed by atoms with Crippen molar-refractivity contribution in [1.29, 1.82) is 0 Å². The molecule has 1 aromatic carbocycles. The molecule has 0 radical (unpaired) electrons. The van der Waals surface area contributed by atoms with Crippen LogP contribution >= 0.6 is 15.9 Å². The summed E-state index contributed by atoms with van der Waals surface area (Å²) >= 11 is 3.10. The molecule has 6 amide bonds. The molecular weight excluding hydrogens is 630 g/mol. The number of rotatable bonds is 18. The molecular formula is C25H33BrF2N6O8. The molecule has 0 heterocycles. The predicted octanol–water partition coefficient (Wildman–Crippen LogP) is 2.10. The standard InChI is InChI=1S/C25H33BrF2N6O8/c1-14(12-26)23(38)42-9-4-2-3-7-20(35)31-13-21(36)32-17(6-5-8-30-24(29)39)22(37)33-18-10-16(28)19(11-15(18)27)34-25(40)41/h10-11,17,34H,1-9,12-13H2,(H,31,35)(H,32,36)(H,33,37)(H,40,41)(H3,29,30,39). The van der Waals surface area contributed by atoms with Crippen molar-refractivity contribution in [2.45, 2.75) is 44.6 Å². The molecule has 0 saturated heterocycles. The molecule has 1 unspecified atom stereocenters. The molecule has 0 aliphatic rings. The number of alkyl halides is 1. The van der Waals surface area contributed by atoms with Gasteiger partial charge in [-0.2, -0.15) is 0 Å². The number of carboxylic acid groups (broad SMARTS) is 1. The number of anilines is 2. The van der Waals surface area contributed by atoms with E-state index >= 15 is 0 Å². The number of carbonyl (C=O) groups is 6. The summed E-state index contributed by atoms with van der Waals surface area (Å²) in [6, 6.07) is -0.993. The number of benzene rings is 1. The van der Waals surface area contributed by atoms with Crippen molar-refractivity contribution in [3.8, 4) is 0 Å². The second-order valence-corrected chi connectivity index (χ2v) is 9.31. The maximum absolute atomic E-state index is 14.4. The third-order valence-electron chi connectivity index (χ3n) is 5.35. The van der Waals surface area contributed by atoms with E-state index in [4.69, 9.17) is 15.6 Å². The van der Waals surface area contributed by atoms with E-state index in [2.05, 4.69) is 43.8 Å². The van der Waals surface area contributed by atoms with Gasteiger partial charge in [0, 0.05) is 36.0 Å². The third kappa shape index (κ3) is 14.4. The first-order valence-electron chi connectivity index (χ1n) is 12.6. The number of hydrogen-bond acceptors (Lipinski definition) is 7. The van der Waals surface area contributed by atoms with Crippen LogP contribution in [0, 0.1) is 11.6 Å². The van der Waals surface area contributed by atoms with Crippen molar-refractivity contribution in [1.82, 2.24) is 16.0 Å². The Morgan fingerprint density at radius 1 is 0.952 bits per heavy atom. The molecule has 17 heteroatoms. The fourth-order valence-corrected chi connectivity index (χ4v) is 3.49. The molecule has 42 heavy (non-hydrogen) atoms. The van der Waals surface area contributed by atoms with E-state index in [0.29, 0.717) is 42.3 Å². The van der Waals surface area contributed by atoms with Crippen LogP contribution in [0.25, 0.3) is 0 Å². The minimum Gasteiger partial charge on any atom is -0.465 e. The summed E-state index contributed by atoms with van der Waals surface area (Å²) in [5, 5.41) is 19.9. The lowest BCUT2D eigenvalue weighted by Crippen LogP contribution is -2.47. The zero-order valence-electron chi connectivity index (χ0n) is 22.5. The summed E-state index contributed by atoms with van der Waals surface area (Å²) in [5.74, 6) is -4.94. The van der Waals surface area contributed by atoms with Gasteiger partial charge in [-0.05, 0) is 32.1 Å². The van der Waals surface area contributed by atoms with Crippen molar-refractivity contribution in [2.75, 3.05) is 35.7 Å². The molecule has 0 bridgehead atoms. The predicted molar refractivity (Wildman–Crippen MR) is 151 cm³/mol. The van der Waals surface area contributed by atoms with Crippen molar-refractivity contribution < 1.29 is 47.4 Å². The SMILES string of the molecule is C=C(CBr)C(=O)OCCCCCC(=O)NCC(=O)NC(CCCNC(N)=O)C(=O)Nc1cc(F)c(NC(=O)O)cc1F. The number of ether oxygens (including phenoxy) is 1. The Kier molecular flexibility index (Phi) is 16.1. The van der Waals surface area contributed by atoms with Gasteiger partial charge in [-0.25, -0.2) is 23.2 Å². The molecule has 8 N–H and O–H groups in total. The fourth-order valence-electron chi connectivity index (χ4n) is 3.26. The summed E-state index contributed by atoms with van der Waals surface area (Å²) < 4.78 is 33.5. The highest BCUT2D eigenvalue weighted by molar-refractivity contribution is 9.09. The Balaban J connectivity index is 2.63. The maximum atomic E-state index is 14.4. The van der Waals surface area contributed by atoms with E-state index in [1.165, 1.54) is 0 Å². The van der Waals surface area contributed by atoms with Crippen LogP contribution < -0.4 is 32.3 Å². The lowest BCUT2D eigenvalue weighted by molar-refractivity contribution is -0.139. The van der Waals surface area contributed by atoms with Gasteiger partial charge in [-0.15, -0.1) is 0 Å². The summed E-state index contributed by atoms with van der Waals surface area (Å²) in [5.41, 5.74) is 4.01. The van der Waals surface area contributed by atoms with Crippen molar-refractivity contribution in [2.24, 2.45) is 5.73 Å². The second kappa shape index (κ2) is 19.0. The Morgan fingerprint density at radius 2 is 1.60 bits per heavy atom. The van der Waals surface area contributed by atoms with Gasteiger partial charge in [0.25, 0.3) is 0 Å². The monoisotopic (exact) mass is 662 g/mol. The number of primary amides is 1. The zero-order chi connectivity index (χ0) is 31.7. The van der Waals surface area contributed by atoms with E-state index in [-0.39, 0.29) is 32.4 Å². The van der Waals surface area contributed by atoms with Crippen molar-refractivity contribution in [3.05, 3.63) is 35.9 Å². The quantitative estimate of drug-likeness (QED) is 0.0533. The first-order valence-corrected chi connectivity index (χ1v) is 13.8. The number of urea groups is 1. The van der Waals surface area contributed by atoms with Gasteiger partial charge in [0.2, 0.25) is 17.7 Å². The van der Waals surface area contributed by atoms with Gasteiger partial charge in [0.15, 0.2) is 0 Å². The number of carbonyl (C=O) groups excluding carboxylic acids is 5. The molecule has 1 aromatic rings. The lowest BCUT2D eigenvalue weighted by atomic mass is 10.1. The van der Waals surface area contributed by atoms with Crippen LogP contribution in [0.2, 0.25) is 0 Å².